The first kappa shape index (κ1) is 12.3. The molecule has 0 spiro atoms. The van der Waals surface area contributed by atoms with E-state index in [0.29, 0.717) is 12.3 Å². The molecule has 1 fully saturated rings. The van der Waals surface area contributed by atoms with Crippen molar-refractivity contribution < 1.29 is 4.79 Å². The predicted molar refractivity (Wildman–Crippen MR) is 59.5 cm³/mol. The van der Waals surface area contributed by atoms with E-state index in [9.17, 15) is 10.1 Å². The van der Waals surface area contributed by atoms with Gasteiger partial charge in [-0.25, -0.2) is 0 Å². The Labute approximate surface area is 95.8 Å². The maximum atomic E-state index is 11.4. The zero-order valence-electron chi connectivity index (χ0n) is 8.89. The Balaban J connectivity index is 2.58. The van der Waals surface area contributed by atoms with Crippen LogP contribution >= 0.6 is 11.6 Å². The summed E-state index contributed by atoms with van der Waals surface area (Å²) in [6.45, 7) is 0. The second-order valence-electron chi connectivity index (χ2n) is 4.10. The molecule has 0 aromatic rings. The van der Waals surface area contributed by atoms with E-state index in [1.165, 1.54) is 0 Å². The number of nitrogens with zero attached hydrogens (tertiary/aromatic N) is 1. The van der Waals surface area contributed by atoms with E-state index in [1.54, 1.807) is 0 Å². The fourth-order valence-electron chi connectivity index (χ4n) is 2.01. The Morgan fingerprint density at radius 1 is 1.33 bits per heavy atom. The molecule has 0 heterocycles. The van der Waals surface area contributed by atoms with Gasteiger partial charge in [0.05, 0.1) is 6.07 Å². The van der Waals surface area contributed by atoms with E-state index >= 15 is 0 Å². The zero-order chi connectivity index (χ0) is 11.1. The van der Waals surface area contributed by atoms with Crippen LogP contribution in [-0.4, -0.2) is 17.3 Å². The van der Waals surface area contributed by atoms with Crippen LogP contribution in [0.2, 0.25) is 0 Å². The summed E-state index contributed by atoms with van der Waals surface area (Å²) in [6, 6.07) is 2.27. The monoisotopic (exact) mass is 228 g/mol. The summed E-state index contributed by atoms with van der Waals surface area (Å²) in [5.74, 6) is 0.210. The highest BCUT2D eigenvalue weighted by Gasteiger charge is 2.32. The lowest BCUT2D eigenvalue weighted by Crippen LogP contribution is -2.47. The van der Waals surface area contributed by atoms with Crippen molar-refractivity contribution in [2.24, 2.45) is 0 Å². The lowest BCUT2D eigenvalue weighted by atomic mass is 9.92. The smallest absolute Gasteiger partial charge is 0.222 e. The van der Waals surface area contributed by atoms with Crippen molar-refractivity contribution in [1.82, 2.24) is 5.32 Å². The summed E-state index contributed by atoms with van der Waals surface area (Å²) >= 11 is 5.49. The number of halogens is 1. The average Bonchev–Trinajstić information content (AvgIpc) is 2.44. The van der Waals surface area contributed by atoms with Gasteiger partial charge in [-0.3, -0.25) is 4.79 Å². The minimum Gasteiger partial charge on any atom is -0.338 e. The molecule has 0 aliphatic heterocycles. The topological polar surface area (TPSA) is 52.9 Å². The number of rotatable bonds is 3. The Hall–Kier alpha value is -0.750. The number of alkyl halides is 1. The molecule has 0 atom stereocenters. The van der Waals surface area contributed by atoms with E-state index in [0.717, 1.165) is 38.5 Å². The predicted octanol–water partition coefficient (Wildman–Crippen LogP) is 2.35. The van der Waals surface area contributed by atoms with Gasteiger partial charge in [0, 0.05) is 12.3 Å². The fourth-order valence-corrected chi connectivity index (χ4v) is 2.18. The zero-order valence-corrected chi connectivity index (χ0v) is 9.65. The van der Waals surface area contributed by atoms with E-state index in [2.05, 4.69) is 11.4 Å². The molecule has 0 saturated heterocycles. The van der Waals surface area contributed by atoms with Gasteiger partial charge >= 0.3 is 0 Å². The highest BCUT2D eigenvalue weighted by atomic mass is 35.5. The normalized spacial score (nSPS) is 20.0. The summed E-state index contributed by atoms with van der Waals surface area (Å²) in [6.07, 6.45) is 6.22. The van der Waals surface area contributed by atoms with Gasteiger partial charge in [0.15, 0.2) is 0 Å². The van der Waals surface area contributed by atoms with Crippen molar-refractivity contribution in [1.29, 1.82) is 5.26 Å². The molecule has 15 heavy (non-hydrogen) atoms. The van der Waals surface area contributed by atoms with Crippen LogP contribution in [0.25, 0.3) is 0 Å². The van der Waals surface area contributed by atoms with Crippen LogP contribution in [0.15, 0.2) is 0 Å². The molecule has 0 bridgehead atoms. The first-order chi connectivity index (χ1) is 7.22. The van der Waals surface area contributed by atoms with Crippen molar-refractivity contribution in [3.63, 3.8) is 0 Å². The van der Waals surface area contributed by atoms with Gasteiger partial charge < -0.3 is 5.32 Å². The average molecular weight is 229 g/mol. The molecular weight excluding hydrogens is 212 g/mol. The van der Waals surface area contributed by atoms with Gasteiger partial charge in [-0.2, -0.15) is 5.26 Å². The summed E-state index contributed by atoms with van der Waals surface area (Å²) in [5, 5.41) is 12.0. The van der Waals surface area contributed by atoms with Gasteiger partial charge in [-0.1, -0.05) is 25.7 Å². The van der Waals surface area contributed by atoms with Crippen LogP contribution in [0, 0.1) is 11.3 Å². The van der Waals surface area contributed by atoms with Gasteiger partial charge in [0.2, 0.25) is 5.91 Å². The molecule has 1 aliphatic rings. The Bertz CT molecular complexity index is 252. The number of carbonyl (C=O) groups excluding carboxylic acids is 1. The molecule has 84 valence electrons. The van der Waals surface area contributed by atoms with Crippen LogP contribution in [0.5, 0.6) is 0 Å². The molecule has 0 aromatic heterocycles. The molecule has 1 amide bonds. The number of hydrogen-bond donors (Lipinski definition) is 1. The van der Waals surface area contributed by atoms with Crippen molar-refractivity contribution >= 4 is 17.5 Å². The molecular formula is C11H17ClN2O. The largest absolute Gasteiger partial charge is 0.338 e. The first-order valence-corrected chi connectivity index (χ1v) is 6.04. The number of nitriles is 1. The first-order valence-electron chi connectivity index (χ1n) is 5.51. The van der Waals surface area contributed by atoms with E-state index in [4.69, 9.17) is 11.6 Å². The minimum absolute atomic E-state index is 0.103. The standard InChI is InChI=1S/C11H17ClN2O/c12-8-5-10(15)14-11(9-13)6-3-1-2-4-7-11/h1-8H2,(H,14,15). The van der Waals surface area contributed by atoms with E-state index in [1.807, 2.05) is 0 Å². The maximum absolute atomic E-state index is 11.4. The minimum atomic E-state index is -0.625. The van der Waals surface area contributed by atoms with Crippen molar-refractivity contribution in [2.75, 3.05) is 5.88 Å². The van der Waals surface area contributed by atoms with Gasteiger partial charge in [-0.15, -0.1) is 11.6 Å². The molecule has 1 rings (SSSR count). The molecule has 4 heteroatoms. The highest BCUT2D eigenvalue weighted by Crippen LogP contribution is 2.26. The lowest BCUT2D eigenvalue weighted by molar-refractivity contribution is -0.122. The third-order valence-electron chi connectivity index (χ3n) is 2.87. The molecule has 1 N–H and O–H groups in total. The third kappa shape index (κ3) is 3.71. The Morgan fingerprint density at radius 3 is 2.40 bits per heavy atom. The third-order valence-corrected chi connectivity index (χ3v) is 3.06. The van der Waals surface area contributed by atoms with Crippen molar-refractivity contribution in [3.8, 4) is 6.07 Å². The van der Waals surface area contributed by atoms with Crippen molar-refractivity contribution in [2.45, 2.75) is 50.5 Å². The molecule has 1 saturated carbocycles. The van der Waals surface area contributed by atoms with Gasteiger partial charge in [0.25, 0.3) is 0 Å². The lowest BCUT2D eigenvalue weighted by Gasteiger charge is -2.26. The quantitative estimate of drug-likeness (QED) is 0.596. The highest BCUT2D eigenvalue weighted by molar-refractivity contribution is 6.18. The van der Waals surface area contributed by atoms with E-state index < -0.39 is 5.54 Å². The number of nitrogens with one attached hydrogen (secondary N) is 1. The fraction of sp³-hybridized carbons (Fsp3) is 0.818. The van der Waals surface area contributed by atoms with E-state index in [-0.39, 0.29) is 5.91 Å². The molecule has 1 aliphatic carbocycles. The molecule has 3 nitrogen and oxygen atoms in total. The van der Waals surface area contributed by atoms with Crippen LogP contribution < -0.4 is 5.32 Å². The summed E-state index contributed by atoms with van der Waals surface area (Å²) < 4.78 is 0. The SMILES string of the molecule is N#CC1(NC(=O)CCCl)CCCCCC1. The van der Waals surface area contributed by atoms with Gasteiger partial charge in [-0.05, 0) is 12.8 Å². The molecule has 0 radical (unpaired) electrons. The van der Waals surface area contributed by atoms with Crippen LogP contribution in [0.3, 0.4) is 0 Å². The van der Waals surface area contributed by atoms with Crippen LogP contribution in [0.1, 0.15) is 44.9 Å². The van der Waals surface area contributed by atoms with Crippen LogP contribution in [-0.2, 0) is 4.79 Å². The van der Waals surface area contributed by atoms with Crippen LogP contribution in [0.4, 0.5) is 0 Å². The van der Waals surface area contributed by atoms with Gasteiger partial charge in [0.1, 0.15) is 5.54 Å². The molecule has 0 aromatic carbocycles. The number of hydrogen-bond acceptors (Lipinski definition) is 2. The summed E-state index contributed by atoms with van der Waals surface area (Å²) in [5.41, 5.74) is -0.625. The maximum Gasteiger partial charge on any atom is 0.222 e. The summed E-state index contributed by atoms with van der Waals surface area (Å²) in [4.78, 5) is 11.4. The second kappa shape index (κ2) is 5.97. The van der Waals surface area contributed by atoms with Crippen molar-refractivity contribution in [3.05, 3.63) is 0 Å². The Morgan fingerprint density at radius 2 is 1.93 bits per heavy atom. The number of carbonyl (C=O) groups is 1. The second-order valence-corrected chi connectivity index (χ2v) is 4.47. The summed E-state index contributed by atoms with van der Waals surface area (Å²) in [7, 11) is 0. The Kier molecular flexibility index (Phi) is 4.90. The molecule has 0 unspecified atom stereocenters. The number of amides is 1.